The zero-order valence-corrected chi connectivity index (χ0v) is 11.0. The molecule has 0 rings (SSSR count). The molecule has 96 valence electrons. The molecule has 0 saturated heterocycles. The van der Waals surface area contributed by atoms with Gasteiger partial charge in [-0.25, -0.2) is 0 Å². The maximum Gasteiger partial charge on any atom is 0.222 e. The Hall–Kier alpha value is -0.610. The standard InChI is InChI=1S/C12H26N2O2/c1-9(2)7-11(4)16-6-5-12(15)14-10(3)8-13/h9-11H,5-8,13H2,1-4H3,(H,14,15)/t10-,11?/m0/s1. The molecule has 0 aliphatic carbocycles. The number of amides is 1. The first-order valence-electron chi connectivity index (χ1n) is 6.06. The molecule has 0 spiro atoms. The van der Waals surface area contributed by atoms with Crippen molar-refractivity contribution in [3.05, 3.63) is 0 Å². The molecule has 0 heterocycles. The molecule has 1 unspecified atom stereocenters. The maximum absolute atomic E-state index is 11.4. The Morgan fingerprint density at radius 3 is 2.44 bits per heavy atom. The van der Waals surface area contributed by atoms with Gasteiger partial charge in [-0.05, 0) is 26.2 Å². The largest absolute Gasteiger partial charge is 0.378 e. The lowest BCUT2D eigenvalue weighted by atomic mass is 10.1. The maximum atomic E-state index is 11.4. The van der Waals surface area contributed by atoms with Crippen molar-refractivity contribution < 1.29 is 9.53 Å². The summed E-state index contributed by atoms with van der Waals surface area (Å²) in [5.41, 5.74) is 5.41. The highest BCUT2D eigenvalue weighted by atomic mass is 16.5. The van der Waals surface area contributed by atoms with Crippen molar-refractivity contribution in [1.29, 1.82) is 0 Å². The molecule has 0 aromatic carbocycles. The van der Waals surface area contributed by atoms with Crippen LogP contribution >= 0.6 is 0 Å². The smallest absolute Gasteiger partial charge is 0.222 e. The fraction of sp³-hybridized carbons (Fsp3) is 0.917. The van der Waals surface area contributed by atoms with Gasteiger partial charge in [0.2, 0.25) is 5.91 Å². The third-order valence-corrected chi connectivity index (χ3v) is 2.30. The zero-order chi connectivity index (χ0) is 12.6. The van der Waals surface area contributed by atoms with E-state index in [0.29, 0.717) is 25.5 Å². The summed E-state index contributed by atoms with van der Waals surface area (Å²) in [4.78, 5) is 11.4. The van der Waals surface area contributed by atoms with Gasteiger partial charge < -0.3 is 15.8 Å². The highest BCUT2D eigenvalue weighted by molar-refractivity contribution is 5.76. The predicted octanol–water partition coefficient (Wildman–Crippen LogP) is 1.29. The van der Waals surface area contributed by atoms with Crippen LogP contribution in [0, 0.1) is 5.92 Å². The molecule has 0 radical (unpaired) electrons. The Bertz CT molecular complexity index is 195. The summed E-state index contributed by atoms with van der Waals surface area (Å²) in [7, 11) is 0. The van der Waals surface area contributed by atoms with E-state index in [4.69, 9.17) is 10.5 Å². The molecule has 3 N–H and O–H groups in total. The normalized spacial score (nSPS) is 14.9. The first kappa shape index (κ1) is 15.4. The van der Waals surface area contributed by atoms with Crippen molar-refractivity contribution in [2.24, 2.45) is 11.7 Å². The third-order valence-electron chi connectivity index (χ3n) is 2.30. The molecule has 0 aliphatic rings. The quantitative estimate of drug-likeness (QED) is 0.660. The van der Waals surface area contributed by atoms with E-state index in [0.717, 1.165) is 6.42 Å². The second-order valence-electron chi connectivity index (χ2n) is 4.77. The Morgan fingerprint density at radius 1 is 1.31 bits per heavy atom. The van der Waals surface area contributed by atoms with E-state index in [1.54, 1.807) is 0 Å². The Morgan fingerprint density at radius 2 is 1.94 bits per heavy atom. The van der Waals surface area contributed by atoms with E-state index in [1.807, 2.05) is 13.8 Å². The average Bonchev–Trinajstić information content (AvgIpc) is 2.16. The molecular formula is C12H26N2O2. The third kappa shape index (κ3) is 8.68. The molecule has 1 amide bonds. The number of carbonyl (C=O) groups is 1. The number of rotatable bonds is 8. The summed E-state index contributed by atoms with van der Waals surface area (Å²) in [6.07, 6.45) is 1.66. The highest BCUT2D eigenvalue weighted by Crippen LogP contribution is 2.07. The number of hydrogen-bond acceptors (Lipinski definition) is 3. The van der Waals surface area contributed by atoms with Gasteiger partial charge >= 0.3 is 0 Å². The zero-order valence-electron chi connectivity index (χ0n) is 11.0. The van der Waals surface area contributed by atoms with E-state index in [1.165, 1.54) is 0 Å². The first-order valence-corrected chi connectivity index (χ1v) is 6.06. The molecule has 0 aromatic rings. The first-order chi connectivity index (χ1) is 7.45. The molecular weight excluding hydrogens is 204 g/mol. The van der Waals surface area contributed by atoms with E-state index < -0.39 is 0 Å². The number of nitrogens with one attached hydrogen (secondary N) is 1. The minimum Gasteiger partial charge on any atom is -0.378 e. The number of carbonyl (C=O) groups excluding carboxylic acids is 1. The molecule has 0 aromatic heterocycles. The summed E-state index contributed by atoms with van der Waals surface area (Å²) in [5, 5.41) is 2.80. The molecule has 16 heavy (non-hydrogen) atoms. The summed E-state index contributed by atoms with van der Waals surface area (Å²) in [5.74, 6) is 0.635. The Labute approximate surface area is 98.9 Å². The number of ether oxygens (including phenoxy) is 1. The van der Waals surface area contributed by atoms with Crippen LogP contribution in [0.3, 0.4) is 0 Å². The van der Waals surface area contributed by atoms with Crippen molar-refractivity contribution in [3.8, 4) is 0 Å². The van der Waals surface area contributed by atoms with E-state index >= 15 is 0 Å². The lowest BCUT2D eigenvalue weighted by Gasteiger charge is -2.15. The van der Waals surface area contributed by atoms with Gasteiger partial charge in [-0.3, -0.25) is 4.79 Å². The van der Waals surface area contributed by atoms with Crippen molar-refractivity contribution in [2.45, 2.75) is 52.7 Å². The van der Waals surface area contributed by atoms with Gasteiger partial charge in [-0.15, -0.1) is 0 Å². The van der Waals surface area contributed by atoms with Crippen molar-refractivity contribution >= 4 is 5.91 Å². The molecule has 4 heteroatoms. The topological polar surface area (TPSA) is 64.3 Å². The van der Waals surface area contributed by atoms with E-state index in [9.17, 15) is 4.79 Å². The van der Waals surface area contributed by atoms with Crippen molar-refractivity contribution in [2.75, 3.05) is 13.2 Å². The summed E-state index contributed by atoms with van der Waals surface area (Å²) < 4.78 is 5.55. The van der Waals surface area contributed by atoms with Gasteiger partial charge in [0.05, 0.1) is 12.7 Å². The summed E-state index contributed by atoms with van der Waals surface area (Å²) >= 11 is 0. The van der Waals surface area contributed by atoms with Crippen LogP contribution in [-0.2, 0) is 9.53 Å². The molecule has 0 fully saturated rings. The van der Waals surface area contributed by atoms with Gasteiger partial charge in [-0.2, -0.15) is 0 Å². The minimum absolute atomic E-state index is 0.00898. The van der Waals surface area contributed by atoms with Gasteiger partial charge in [0.25, 0.3) is 0 Å². The van der Waals surface area contributed by atoms with Crippen LogP contribution in [0.2, 0.25) is 0 Å². The predicted molar refractivity (Wildman–Crippen MR) is 66.1 cm³/mol. The van der Waals surface area contributed by atoms with Crippen molar-refractivity contribution in [1.82, 2.24) is 5.32 Å². The fourth-order valence-electron chi connectivity index (χ4n) is 1.49. The van der Waals surface area contributed by atoms with Gasteiger partial charge in [0.1, 0.15) is 0 Å². The SMILES string of the molecule is CC(C)CC(C)OCCC(=O)N[C@@H](C)CN. The molecule has 0 saturated carbocycles. The van der Waals surface area contributed by atoms with Gasteiger partial charge in [0, 0.05) is 19.0 Å². The van der Waals surface area contributed by atoms with Gasteiger partial charge in [-0.1, -0.05) is 13.8 Å². The summed E-state index contributed by atoms with van der Waals surface area (Å²) in [6, 6.07) is 0.0422. The highest BCUT2D eigenvalue weighted by Gasteiger charge is 2.08. The van der Waals surface area contributed by atoms with E-state index in [2.05, 4.69) is 19.2 Å². The fourth-order valence-corrected chi connectivity index (χ4v) is 1.49. The van der Waals surface area contributed by atoms with E-state index in [-0.39, 0.29) is 18.1 Å². The van der Waals surface area contributed by atoms with Gasteiger partial charge in [0.15, 0.2) is 0 Å². The second kappa shape index (κ2) is 8.53. The van der Waals surface area contributed by atoms with Crippen LogP contribution in [0.1, 0.15) is 40.5 Å². The number of hydrogen-bond donors (Lipinski definition) is 2. The lowest BCUT2D eigenvalue weighted by molar-refractivity contribution is -0.123. The van der Waals surface area contributed by atoms with Crippen molar-refractivity contribution in [3.63, 3.8) is 0 Å². The van der Waals surface area contributed by atoms with Crippen LogP contribution in [0.25, 0.3) is 0 Å². The Balaban J connectivity index is 3.54. The molecule has 0 bridgehead atoms. The number of nitrogens with two attached hydrogens (primary N) is 1. The molecule has 0 aliphatic heterocycles. The van der Waals surface area contributed by atoms with Crippen LogP contribution in [0.5, 0.6) is 0 Å². The minimum atomic E-state index is 0.00898. The molecule has 2 atom stereocenters. The molecule has 4 nitrogen and oxygen atoms in total. The van der Waals surface area contributed by atoms with Crippen LogP contribution in [0.4, 0.5) is 0 Å². The summed E-state index contributed by atoms with van der Waals surface area (Å²) in [6.45, 7) is 9.21. The van der Waals surface area contributed by atoms with Crippen LogP contribution in [0.15, 0.2) is 0 Å². The average molecular weight is 230 g/mol. The Kier molecular flexibility index (Phi) is 8.21. The van der Waals surface area contributed by atoms with Crippen LogP contribution < -0.4 is 11.1 Å². The monoisotopic (exact) mass is 230 g/mol. The van der Waals surface area contributed by atoms with Crippen LogP contribution in [-0.4, -0.2) is 31.2 Å². The second-order valence-corrected chi connectivity index (χ2v) is 4.77. The lowest BCUT2D eigenvalue weighted by Crippen LogP contribution is -2.38.